The van der Waals surface area contributed by atoms with Gasteiger partial charge >= 0.3 is 0 Å². The lowest BCUT2D eigenvalue weighted by Gasteiger charge is -2.36. The van der Waals surface area contributed by atoms with Gasteiger partial charge < -0.3 is 19.5 Å². The second kappa shape index (κ2) is 8.89. The van der Waals surface area contributed by atoms with Gasteiger partial charge in [-0.3, -0.25) is 0 Å². The van der Waals surface area contributed by atoms with Crippen LogP contribution in [0, 0.1) is 6.92 Å². The van der Waals surface area contributed by atoms with Gasteiger partial charge in [-0.05, 0) is 69.7 Å². The second-order valence-electron chi connectivity index (χ2n) is 7.42. The molecule has 0 bridgehead atoms. The molecule has 7 heteroatoms. The van der Waals surface area contributed by atoms with Crippen molar-refractivity contribution in [3.05, 3.63) is 71.2 Å². The minimum Gasteiger partial charge on any atom is -0.494 e. The minimum absolute atomic E-state index is 0.162. The molecule has 0 saturated carbocycles. The Balaban J connectivity index is 1.74. The van der Waals surface area contributed by atoms with Crippen LogP contribution in [0.15, 0.2) is 58.8 Å². The highest BCUT2D eigenvalue weighted by molar-refractivity contribution is 7.80. The van der Waals surface area contributed by atoms with E-state index in [-0.39, 0.29) is 6.04 Å². The molecule has 1 unspecified atom stereocenters. The Hall–Kier alpha value is -3.19. The predicted octanol–water partition coefficient (Wildman–Crippen LogP) is 5.13. The van der Waals surface area contributed by atoms with Crippen molar-refractivity contribution in [1.29, 1.82) is 0 Å². The fourth-order valence-corrected chi connectivity index (χ4v) is 4.15. The highest BCUT2D eigenvalue weighted by Crippen LogP contribution is 2.37. The molecule has 1 aliphatic heterocycles. The molecule has 0 aliphatic carbocycles. The maximum absolute atomic E-state index is 5.75. The Morgan fingerprint density at radius 1 is 1.06 bits per heavy atom. The number of ether oxygens (including phenoxy) is 1. The van der Waals surface area contributed by atoms with Crippen molar-refractivity contribution in [1.82, 2.24) is 20.4 Å². The van der Waals surface area contributed by atoms with Crippen molar-refractivity contribution in [2.24, 2.45) is 0 Å². The Morgan fingerprint density at radius 3 is 2.42 bits per heavy atom. The molecule has 0 fully saturated rings. The third-order valence-electron chi connectivity index (χ3n) is 5.40. The maximum atomic E-state index is 5.75. The summed E-state index contributed by atoms with van der Waals surface area (Å²) in [5, 5.41) is 8.40. The van der Waals surface area contributed by atoms with E-state index in [4.69, 9.17) is 26.5 Å². The van der Waals surface area contributed by atoms with Crippen LogP contribution in [-0.2, 0) is 0 Å². The number of rotatable bonds is 6. The fraction of sp³-hybridized carbons (Fsp3) is 0.292. The van der Waals surface area contributed by atoms with Crippen LogP contribution in [0.2, 0.25) is 0 Å². The SMILES string of the molecule is CCOc1ccc(-c2noc(C3=C(C)N(CC)C(=S)NC3c3ccc(C)cc3)n2)cc1. The van der Waals surface area contributed by atoms with Crippen LogP contribution in [0.25, 0.3) is 17.0 Å². The van der Waals surface area contributed by atoms with Crippen LogP contribution in [-0.4, -0.2) is 33.3 Å². The zero-order valence-corrected chi connectivity index (χ0v) is 19.0. The minimum atomic E-state index is -0.162. The molecule has 2 heterocycles. The van der Waals surface area contributed by atoms with Crippen molar-refractivity contribution in [3.8, 4) is 17.1 Å². The van der Waals surface area contributed by atoms with E-state index in [1.165, 1.54) is 5.56 Å². The maximum Gasteiger partial charge on any atom is 0.258 e. The lowest BCUT2D eigenvalue weighted by Crippen LogP contribution is -2.45. The highest BCUT2D eigenvalue weighted by Gasteiger charge is 2.33. The largest absolute Gasteiger partial charge is 0.494 e. The Labute approximate surface area is 187 Å². The molecule has 0 saturated heterocycles. The van der Waals surface area contributed by atoms with Crippen molar-refractivity contribution in [3.63, 3.8) is 0 Å². The number of thiocarbonyl (C=S) groups is 1. The monoisotopic (exact) mass is 434 g/mol. The van der Waals surface area contributed by atoms with Gasteiger partial charge in [-0.15, -0.1) is 0 Å². The third kappa shape index (κ3) is 4.18. The molecule has 31 heavy (non-hydrogen) atoms. The number of aromatic nitrogens is 2. The summed E-state index contributed by atoms with van der Waals surface area (Å²) in [6.07, 6.45) is 0. The number of allylic oxidation sites excluding steroid dienone is 1. The third-order valence-corrected chi connectivity index (χ3v) is 5.74. The van der Waals surface area contributed by atoms with Gasteiger partial charge in [-0.2, -0.15) is 4.98 Å². The van der Waals surface area contributed by atoms with Crippen molar-refractivity contribution < 1.29 is 9.26 Å². The van der Waals surface area contributed by atoms with Gasteiger partial charge in [-0.1, -0.05) is 35.0 Å². The highest BCUT2D eigenvalue weighted by atomic mass is 32.1. The summed E-state index contributed by atoms with van der Waals surface area (Å²) in [6.45, 7) is 9.53. The summed E-state index contributed by atoms with van der Waals surface area (Å²) in [5.74, 6) is 1.84. The number of benzene rings is 2. The lowest BCUT2D eigenvalue weighted by atomic mass is 9.94. The normalized spacial score (nSPS) is 16.5. The standard InChI is InChI=1S/C24H26N4O2S/c1-5-28-16(4)20(21(25-24(28)31)17-9-7-15(3)8-10-17)23-26-22(27-30-23)18-11-13-19(14-12-18)29-6-2/h7-14,21H,5-6H2,1-4H3,(H,25,31). The summed E-state index contributed by atoms with van der Waals surface area (Å²) < 4.78 is 11.3. The molecule has 1 aliphatic rings. The van der Waals surface area contributed by atoms with Crippen LogP contribution >= 0.6 is 12.2 Å². The first-order valence-corrected chi connectivity index (χ1v) is 10.8. The van der Waals surface area contributed by atoms with E-state index in [1.54, 1.807) is 0 Å². The predicted molar refractivity (Wildman–Crippen MR) is 126 cm³/mol. The van der Waals surface area contributed by atoms with Crippen LogP contribution in [0.4, 0.5) is 0 Å². The Bertz CT molecular complexity index is 1100. The molecule has 2 aromatic carbocycles. The van der Waals surface area contributed by atoms with E-state index in [2.05, 4.69) is 53.5 Å². The number of aryl methyl sites for hydroxylation is 1. The van der Waals surface area contributed by atoms with Gasteiger partial charge in [0.2, 0.25) is 5.82 Å². The fourth-order valence-electron chi connectivity index (χ4n) is 3.77. The average molecular weight is 435 g/mol. The number of nitrogens with zero attached hydrogens (tertiary/aromatic N) is 3. The number of hydrogen-bond donors (Lipinski definition) is 1. The molecule has 1 atom stereocenters. The van der Waals surface area contributed by atoms with Crippen LogP contribution < -0.4 is 10.1 Å². The quantitative estimate of drug-likeness (QED) is 0.540. The molecule has 1 aromatic heterocycles. The second-order valence-corrected chi connectivity index (χ2v) is 7.80. The zero-order valence-electron chi connectivity index (χ0n) is 18.2. The first kappa shape index (κ1) is 21.1. The van der Waals surface area contributed by atoms with E-state index in [0.29, 0.717) is 23.4 Å². The molecule has 160 valence electrons. The molecule has 0 amide bonds. The van der Waals surface area contributed by atoms with Crippen LogP contribution in [0.3, 0.4) is 0 Å². The smallest absolute Gasteiger partial charge is 0.258 e. The summed E-state index contributed by atoms with van der Waals surface area (Å²) in [4.78, 5) is 6.78. The van der Waals surface area contributed by atoms with Gasteiger partial charge in [0, 0.05) is 17.8 Å². The van der Waals surface area contributed by atoms with Gasteiger partial charge in [0.1, 0.15) is 5.75 Å². The van der Waals surface area contributed by atoms with E-state index >= 15 is 0 Å². The van der Waals surface area contributed by atoms with Gasteiger partial charge in [0.25, 0.3) is 5.89 Å². The van der Waals surface area contributed by atoms with E-state index in [1.807, 2.05) is 38.1 Å². The molecular weight excluding hydrogens is 408 g/mol. The Morgan fingerprint density at radius 2 is 1.77 bits per heavy atom. The van der Waals surface area contributed by atoms with E-state index in [0.717, 1.165) is 34.7 Å². The van der Waals surface area contributed by atoms with Crippen LogP contribution in [0.5, 0.6) is 5.75 Å². The van der Waals surface area contributed by atoms with Gasteiger partial charge in [-0.25, -0.2) is 0 Å². The molecule has 0 spiro atoms. The zero-order chi connectivity index (χ0) is 22.0. The molecule has 1 N–H and O–H groups in total. The first-order chi connectivity index (χ1) is 15.0. The van der Waals surface area contributed by atoms with E-state index < -0.39 is 0 Å². The van der Waals surface area contributed by atoms with Crippen molar-refractivity contribution in [2.45, 2.75) is 33.7 Å². The molecular formula is C24H26N4O2S. The van der Waals surface area contributed by atoms with Crippen LogP contribution in [0.1, 0.15) is 43.8 Å². The molecule has 0 radical (unpaired) electrons. The van der Waals surface area contributed by atoms with Crippen molar-refractivity contribution in [2.75, 3.05) is 13.2 Å². The summed E-state index contributed by atoms with van der Waals surface area (Å²) in [5.41, 5.74) is 5.12. The average Bonchev–Trinajstić information content (AvgIpc) is 3.24. The molecule has 4 rings (SSSR count). The Kier molecular flexibility index (Phi) is 6.04. The summed E-state index contributed by atoms with van der Waals surface area (Å²) in [6, 6.07) is 15.9. The molecule has 3 aromatic rings. The summed E-state index contributed by atoms with van der Waals surface area (Å²) >= 11 is 5.63. The number of hydrogen-bond acceptors (Lipinski definition) is 5. The molecule has 6 nitrogen and oxygen atoms in total. The lowest BCUT2D eigenvalue weighted by molar-refractivity contribution is 0.340. The van der Waals surface area contributed by atoms with Crippen molar-refractivity contribution >= 4 is 22.9 Å². The first-order valence-electron chi connectivity index (χ1n) is 10.4. The van der Waals surface area contributed by atoms with Gasteiger partial charge in [0.05, 0.1) is 18.2 Å². The topological polar surface area (TPSA) is 63.4 Å². The van der Waals surface area contributed by atoms with E-state index in [9.17, 15) is 0 Å². The number of nitrogens with one attached hydrogen (secondary N) is 1. The summed E-state index contributed by atoms with van der Waals surface area (Å²) in [7, 11) is 0. The van der Waals surface area contributed by atoms with Gasteiger partial charge in [0.15, 0.2) is 5.11 Å².